The normalized spacial score (nSPS) is 16.2. The second kappa shape index (κ2) is 8.55. The fraction of sp³-hybridized carbons (Fsp3) is 0.533. The van der Waals surface area contributed by atoms with E-state index >= 15 is 0 Å². The number of carbonyl (C=O) groups excluding carboxylic acids is 1. The van der Waals surface area contributed by atoms with Crippen LogP contribution in [0.1, 0.15) is 19.8 Å². The van der Waals surface area contributed by atoms with Crippen molar-refractivity contribution in [2.45, 2.75) is 19.8 Å². The maximum absolute atomic E-state index is 12.3. The Morgan fingerprint density at radius 3 is 2.50 bits per heavy atom. The van der Waals surface area contributed by atoms with E-state index in [2.05, 4.69) is 5.32 Å². The van der Waals surface area contributed by atoms with E-state index in [4.69, 9.17) is 10.5 Å². The molecule has 1 fully saturated rings. The zero-order chi connectivity index (χ0) is 17.0. The molecule has 1 saturated heterocycles. The highest BCUT2D eigenvalue weighted by molar-refractivity contribution is 7.89. The molecular weight excluding hydrogens is 354 g/mol. The molecule has 0 radical (unpaired) electrons. The Bertz CT molecular complexity index is 673. The zero-order valence-corrected chi connectivity index (χ0v) is 15.5. The summed E-state index contributed by atoms with van der Waals surface area (Å²) in [5, 5.41) is 2.83. The minimum Gasteiger partial charge on any atom is -0.495 e. The van der Waals surface area contributed by atoms with Gasteiger partial charge in [-0.1, -0.05) is 0 Å². The van der Waals surface area contributed by atoms with Crippen LogP contribution in [0.4, 0.5) is 11.4 Å². The molecule has 1 aromatic rings. The van der Waals surface area contributed by atoms with Gasteiger partial charge in [-0.05, 0) is 38.0 Å². The molecule has 0 saturated carbocycles. The molecule has 1 aromatic carbocycles. The van der Waals surface area contributed by atoms with Gasteiger partial charge in [-0.2, -0.15) is 0 Å². The molecule has 0 aromatic heterocycles. The van der Waals surface area contributed by atoms with Crippen molar-refractivity contribution < 1.29 is 17.9 Å². The van der Waals surface area contributed by atoms with E-state index in [0.717, 1.165) is 0 Å². The number of piperidine rings is 1. The van der Waals surface area contributed by atoms with Crippen LogP contribution >= 0.6 is 12.4 Å². The van der Waals surface area contributed by atoms with Crippen molar-refractivity contribution in [2.24, 2.45) is 5.92 Å². The van der Waals surface area contributed by atoms with Crippen LogP contribution in [-0.2, 0) is 14.8 Å². The number of benzene rings is 1. The van der Waals surface area contributed by atoms with Gasteiger partial charge in [-0.3, -0.25) is 4.79 Å². The van der Waals surface area contributed by atoms with Crippen molar-refractivity contribution in [3.05, 3.63) is 18.2 Å². The summed E-state index contributed by atoms with van der Waals surface area (Å²) in [7, 11) is -1.64. The van der Waals surface area contributed by atoms with Crippen molar-refractivity contribution in [1.82, 2.24) is 4.31 Å². The molecule has 24 heavy (non-hydrogen) atoms. The first-order valence-electron chi connectivity index (χ1n) is 7.59. The number of anilines is 2. The lowest BCUT2D eigenvalue weighted by Crippen LogP contribution is -2.42. The summed E-state index contributed by atoms with van der Waals surface area (Å²) in [5.74, 6) is 0.348. The van der Waals surface area contributed by atoms with Crippen LogP contribution in [0, 0.1) is 5.92 Å². The van der Waals surface area contributed by atoms with Gasteiger partial charge in [0, 0.05) is 24.7 Å². The maximum atomic E-state index is 12.3. The molecule has 7 nitrogen and oxygen atoms in total. The van der Waals surface area contributed by atoms with Crippen LogP contribution in [0.3, 0.4) is 0 Å². The molecule has 0 bridgehead atoms. The van der Waals surface area contributed by atoms with Crippen molar-refractivity contribution >= 4 is 39.7 Å². The minimum absolute atomic E-state index is 0. The summed E-state index contributed by atoms with van der Waals surface area (Å²) in [6, 6.07) is 5.07. The molecule has 0 unspecified atom stereocenters. The van der Waals surface area contributed by atoms with Gasteiger partial charge in [0.05, 0.1) is 18.6 Å². The third kappa shape index (κ3) is 4.75. The number of hydrogen-bond acceptors (Lipinski definition) is 5. The fourth-order valence-corrected chi connectivity index (χ4v) is 3.77. The van der Waals surface area contributed by atoms with Crippen molar-refractivity contribution in [3.8, 4) is 5.75 Å². The lowest BCUT2D eigenvalue weighted by atomic mass is 9.97. The Balaban J connectivity index is 0.00000288. The number of rotatable bonds is 5. The number of nitrogens with zero attached hydrogens (tertiary/aromatic N) is 1. The number of halogens is 1. The minimum atomic E-state index is -3.17. The first-order valence-corrected chi connectivity index (χ1v) is 9.20. The van der Waals surface area contributed by atoms with Gasteiger partial charge >= 0.3 is 0 Å². The van der Waals surface area contributed by atoms with E-state index < -0.39 is 10.0 Å². The summed E-state index contributed by atoms with van der Waals surface area (Å²) in [5.41, 5.74) is 6.88. The Morgan fingerprint density at radius 1 is 1.38 bits per heavy atom. The molecule has 1 aliphatic heterocycles. The zero-order valence-electron chi connectivity index (χ0n) is 13.8. The van der Waals surface area contributed by atoms with E-state index in [9.17, 15) is 13.2 Å². The molecule has 1 heterocycles. The summed E-state index contributed by atoms with van der Waals surface area (Å²) in [6.45, 7) is 2.40. The van der Waals surface area contributed by atoms with Crippen LogP contribution in [0.2, 0.25) is 0 Å². The smallest absolute Gasteiger partial charge is 0.227 e. The van der Waals surface area contributed by atoms with E-state index in [0.29, 0.717) is 43.1 Å². The Morgan fingerprint density at radius 2 is 2.00 bits per heavy atom. The monoisotopic (exact) mass is 377 g/mol. The van der Waals surface area contributed by atoms with Crippen LogP contribution in [0.25, 0.3) is 0 Å². The second-order valence-corrected chi connectivity index (χ2v) is 7.78. The Labute approximate surface area is 149 Å². The molecule has 2 rings (SSSR count). The lowest BCUT2D eigenvalue weighted by Gasteiger charge is -2.30. The number of methoxy groups -OCH3 is 1. The first-order chi connectivity index (χ1) is 10.9. The highest BCUT2D eigenvalue weighted by Gasteiger charge is 2.30. The molecular formula is C15H24ClN3O4S. The molecule has 1 amide bonds. The molecule has 9 heteroatoms. The highest BCUT2D eigenvalue weighted by Crippen LogP contribution is 2.26. The largest absolute Gasteiger partial charge is 0.495 e. The van der Waals surface area contributed by atoms with E-state index in [-0.39, 0.29) is 30.0 Å². The van der Waals surface area contributed by atoms with Crippen LogP contribution in [0.15, 0.2) is 18.2 Å². The second-order valence-electron chi connectivity index (χ2n) is 5.52. The van der Waals surface area contributed by atoms with E-state index in [1.54, 1.807) is 25.1 Å². The summed E-state index contributed by atoms with van der Waals surface area (Å²) in [6.07, 6.45) is 1.05. The Hall–Kier alpha value is -1.51. The number of amides is 1. The lowest BCUT2D eigenvalue weighted by molar-refractivity contribution is -0.120. The predicted octanol–water partition coefficient (Wildman–Crippen LogP) is 1.70. The number of hydrogen-bond donors (Lipinski definition) is 2. The third-order valence-corrected chi connectivity index (χ3v) is 5.96. The van der Waals surface area contributed by atoms with Crippen LogP contribution in [0.5, 0.6) is 5.75 Å². The van der Waals surface area contributed by atoms with Crippen molar-refractivity contribution in [1.29, 1.82) is 0 Å². The van der Waals surface area contributed by atoms with Crippen LogP contribution in [-0.4, -0.2) is 44.6 Å². The van der Waals surface area contributed by atoms with Gasteiger partial charge in [0.15, 0.2) is 0 Å². The fourth-order valence-electron chi connectivity index (χ4n) is 2.64. The standard InChI is InChI=1S/C15H23N3O4S.ClH/c1-3-23(20,21)18-8-6-11(7-9-18)15(19)17-12-4-5-14(22-2)13(16)10-12;/h4-5,10-11H,3,6-9,16H2,1-2H3,(H,17,19);1H. The first kappa shape index (κ1) is 20.5. The SMILES string of the molecule is CCS(=O)(=O)N1CCC(C(=O)Nc2ccc(OC)c(N)c2)CC1.Cl. The molecule has 0 atom stereocenters. The third-order valence-electron chi connectivity index (χ3n) is 4.08. The molecule has 136 valence electrons. The Kier molecular flexibility index (Phi) is 7.31. The molecule has 0 spiro atoms. The number of carbonyl (C=O) groups is 1. The summed E-state index contributed by atoms with van der Waals surface area (Å²) in [4.78, 5) is 12.3. The van der Waals surface area contributed by atoms with Gasteiger partial charge in [0.2, 0.25) is 15.9 Å². The van der Waals surface area contributed by atoms with Crippen LogP contribution < -0.4 is 15.8 Å². The van der Waals surface area contributed by atoms with Gasteiger partial charge in [-0.25, -0.2) is 12.7 Å². The van der Waals surface area contributed by atoms with Crippen molar-refractivity contribution in [2.75, 3.05) is 37.0 Å². The van der Waals surface area contributed by atoms with Crippen molar-refractivity contribution in [3.63, 3.8) is 0 Å². The summed E-state index contributed by atoms with van der Waals surface area (Å²) < 4.78 is 30.2. The number of sulfonamides is 1. The molecule has 0 aliphatic carbocycles. The highest BCUT2D eigenvalue weighted by atomic mass is 35.5. The van der Waals surface area contributed by atoms with Gasteiger partial charge in [0.1, 0.15) is 5.75 Å². The maximum Gasteiger partial charge on any atom is 0.227 e. The number of ether oxygens (including phenoxy) is 1. The predicted molar refractivity (Wildman–Crippen MR) is 97.0 cm³/mol. The number of nitrogens with one attached hydrogen (secondary N) is 1. The summed E-state index contributed by atoms with van der Waals surface area (Å²) >= 11 is 0. The average molecular weight is 378 g/mol. The van der Waals surface area contributed by atoms with E-state index in [1.165, 1.54) is 11.4 Å². The quantitative estimate of drug-likeness (QED) is 0.760. The molecule has 1 aliphatic rings. The van der Waals surface area contributed by atoms with Gasteiger partial charge in [0.25, 0.3) is 0 Å². The molecule has 3 N–H and O–H groups in total. The topological polar surface area (TPSA) is 102 Å². The van der Waals surface area contributed by atoms with Gasteiger partial charge in [-0.15, -0.1) is 12.4 Å². The van der Waals surface area contributed by atoms with Gasteiger partial charge < -0.3 is 15.8 Å². The number of nitrogens with two attached hydrogens (primary N) is 1. The van der Waals surface area contributed by atoms with E-state index in [1.807, 2.05) is 0 Å². The number of nitrogen functional groups attached to an aromatic ring is 1. The average Bonchev–Trinajstić information content (AvgIpc) is 2.55.